The van der Waals surface area contributed by atoms with E-state index in [1.54, 1.807) is 12.1 Å². The highest BCUT2D eigenvalue weighted by Gasteiger charge is 2.24. The fourth-order valence-corrected chi connectivity index (χ4v) is 1.75. The Morgan fingerprint density at radius 3 is 2.25 bits per heavy atom. The monoisotopic (exact) mass is 285 g/mol. The summed E-state index contributed by atoms with van der Waals surface area (Å²) < 4.78 is 16.6. The molecule has 1 aromatic rings. The quantitative estimate of drug-likeness (QED) is 0.658. The number of carboxylic acid groups (broad SMARTS) is 2. The Bertz CT molecular complexity index is 462. The van der Waals surface area contributed by atoms with Gasteiger partial charge < -0.3 is 20.7 Å². The zero-order valence-corrected chi connectivity index (χ0v) is 10.7. The minimum atomic E-state index is -1.23. The standard InChI is InChI=1S/C13H16FNO5/c14-7-20-10-3-1-8(2-4-10)5-9(12(16)17)6-11(15)13(18)19/h1-4,9,11H,5-7,15H2,(H,16,17)(H,18,19)/t9-,11+/m1/s1. The predicted molar refractivity (Wildman–Crippen MR) is 68.1 cm³/mol. The van der Waals surface area contributed by atoms with Gasteiger partial charge in [0.2, 0.25) is 6.86 Å². The van der Waals surface area contributed by atoms with Gasteiger partial charge in [0.15, 0.2) is 0 Å². The Morgan fingerprint density at radius 2 is 1.80 bits per heavy atom. The van der Waals surface area contributed by atoms with E-state index in [2.05, 4.69) is 4.74 Å². The Kier molecular flexibility index (Phi) is 5.92. The van der Waals surface area contributed by atoms with Gasteiger partial charge in [-0.15, -0.1) is 0 Å². The summed E-state index contributed by atoms with van der Waals surface area (Å²) in [6.07, 6.45) is -0.0143. The number of rotatable bonds is 8. The van der Waals surface area contributed by atoms with Crippen LogP contribution in [0, 0.1) is 5.92 Å². The first-order valence-corrected chi connectivity index (χ1v) is 5.93. The minimum absolute atomic E-state index is 0.145. The molecule has 0 bridgehead atoms. The molecule has 0 aliphatic carbocycles. The van der Waals surface area contributed by atoms with E-state index in [0.717, 1.165) is 0 Å². The van der Waals surface area contributed by atoms with Crippen molar-refractivity contribution in [3.05, 3.63) is 29.8 Å². The topological polar surface area (TPSA) is 110 Å². The zero-order valence-electron chi connectivity index (χ0n) is 10.7. The molecule has 4 N–H and O–H groups in total. The van der Waals surface area contributed by atoms with Crippen LogP contribution >= 0.6 is 0 Å². The number of hydrogen-bond donors (Lipinski definition) is 3. The number of carbonyl (C=O) groups is 2. The molecule has 0 heterocycles. The number of hydrogen-bond acceptors (Lipinski definition) is 4. The molecule has 0 fully saturated rings. The molecule has 7 heteroatoms. The van der Waals surface area contributed by atoms with Crippen LogP contribution in [0.5, 0.6) is 5.75 Å². The lowest BCUT2D eigenvalue weighted by Crippen LogP contribution is -2.35. The maximum absolute atomic E-state index is 11.9. The van der Waals surface area contributed by atoms with E-state index in [1.165, 1.54) is 12.1 Å². The van der Waals surface area contributed by atoms with Gasteiger partial charge in [-0.25, -0.2) is 4.39 Å². The van der Waals surface area contributed by atoms with Crippen LogP contribution in [0.2, 0.25) is 0 Å². The summed E-state index contributed by atoms with van der Waals surface area (Å²) in [4.78, 5) is 21.8. The second-order valence-electron chi connectivity index (χ2n) is 4.32. The maximum Gasteiger partial charge on any atom is 0.320 e. The summed E-state index contributed by atoms with van der Waals surface area (Å²) in [6, 6.07) is 5.03. The predicted octanol–water partition coefficient (Wildman–Crippen LogP) is 1.04. The molecular weight excluding hydrogens is 269 g/mol. The second kappa shape index (κ2) is 7.44. The van der Waals surface area contributed by atoms with Crippen molar-refractivity contribution in [2.75, 3.05) is 6.86 Å². The van der Waals surface area contributed by atoms with Crippen LogP contribution in [0.25, 0.3) is 0 Å². The van der Waals surface area contributed by atoms with Crippen molar-refractivity contribution in [1.82, 2.24) is 0 Å². The molecule has 6 nitrogen and oxygen atoms in total. The Morgan fingerprint density at radius 1 is 1.20 bits per heavy atom. The largest absolute Gasteiger partial charge is 0.481 e. The second-order valence-corrected chi connectivity index (χ2v) is 4.32. The number of halogens is 1. The van der Waals surface area contributed by atoms with Crippen LogP contribution in [-0.2, 0) is 16.0 Å². The van der Waals surface area contributed by atoms with Crippen molar-refractivity contribution in [2.45, 2.75) is 18.9 Å². The number of benzene rings is 1. The molecule has 0 aliphatic rings. The van der Waals surface area contributed by atoms with Crippen molar-refractivity contribution in [3.63, 3.8) is 0 Å². The number of nitrogens with two attached hydrogens (primary N) is 1. The van der Waals surface area contributed by atoms with E-state index in [-0.39, 0.29) is 12.8 Å². The SMILES string of the molecule is N[C@@H](C[C@@H](Cc1ccc(OCF)cc1)C(=O)O)C(=O)O. The molecule has 0 amide bonds. The molecule has 1 rings (SSSR count). The third-order valence-electron chi connectivity index (χ3n) is 2.83. The summed E-state index contributed by atoms with van der Waals surface area (Å²) >= 11 is 0. The molecule has 0 saturated carbocycles. The lowest BCUT2D eigenvalue weighted by molar-refractivity contribution is -0.143. The van der Waals surface area contributed by atoms with E-state index < -0.39 is 30.8 Å². The van der Waals surface area contributed by atoms with E-state index in [9.17, 15) is 14.0 Å². The summed E-state index contributed by atoms with van der Waals surface area (Å²) in [5, 5.41) is 17.8. The van der Waals surface area contributed by atoms with Crippen LogP contribution in [0.4, 0.5) is 4.39 Å². The van der Waals surface area contributed by atoms with E-state index >= 15 is 0 Å². The van der Waals surface area contributed by atoms with Crippen LogP contribution in [0.3, 0.4) is 0 Å². The van der Waals surface area contributed by atoms with Crippen molar-refractivity contribution in [3.8, 4) is 5.75 Å². The molecule has 2 atom stereocenters. The lowest BCUT2D eigenvalue weighted by atomic mass is 9.93. The fourth-order valence-electron chi connectivity index (χ4n) is 1.75. The van der Waals surface area contributed by atoms with Crippen LogP contribution < -0.4 is 10.5 Å². The van der Waals surface area contributed by atoms with Crippen molar-refractivity contribution in [1.29, 1.82) is 0 Å². The van der Waals surface area contributed by atoms with E-state index in [1.807, 2.05) is 0 Å². The van der Waals surface area contributed by atoms with Crippen molar-refractivity contribution < 1.29 is 28.9 Å². The summed E-state index contributed by atoms with van der Waals surface area (Å²) in [5.74, 6) is -2.90. The highest BCUT2D eigenvalue weighted by atomic mass is 19.1. The van der Waals surface area contributed by atoms with Gasteiger partial charge in [-0.1, -0.05) is 12.1 Å². The van der Waals surface area contributed by atoms with Gasteiger partial charge in [0.1, 0.15) is 11.8 Å². The van der Waals surface area contributed by atoms with Gasteiger partial charge >= 0.3 is 11.9 Å². The average molecular weight is 285 g/mol. The molecular formula is C13H16FNO5. The Hall–Kier alpha value is -2.15. The third kappa shape index (κ3) is 4.85. The highest BCUT2D eigenvalue weighted by molar-refractivity contribution is 5.76. The molecule has 0 unspecified atom stereocenters. The van der Waals surface area contributed by atoms with Gasteiger partial charge in [0, 0.05) is 0 Å². The lowest BCUT2D eigenvalue weighted by Gasteiger charge is -2.15. The van der Waals surface area contributed by atoms with Gasteiger partial charge in [-0.2, -0.15) is 0 Å². The van der Waals surface area contributed by atoms with E-state index in [4.69, 9.17) is 15.9 Å². The summed E-state index contributed by atoms with van der Waals surface area (Å²) in [7, 11) is 0. The molecule has 110 valence electrons. The molecule has 0 aliphatic heterocycles. The number of ether oxygens (including phenoxy) is 1. The average Bonchev–Trinajstić information content (AvgIpc) is 2.40. The summed E-state index contributed by atoms with van der Waals surface area (Å²) in [6.45, 7) is -0.940. The summed E-state index contributed by atoms with van der Waals surface area (Å²) in [5.41, 5.74) is 6.03. The highest BCUT2D eigenvalue weighted by Crippen LogP contribution is 2.18. The van der Waals surface area contributed by atoms with Gasteiger partial charge in [0.05, 0.1) is 5.92 Å². The third-order valence-corrected chi connectivity index (χ3v) is 2.83. The zero-order chi connectivity index (χ0) is 15.1. The van der Waals surface area contributed by atoms with Gasteiger partial charge in [-0.05, 0) is 30.5 Å². The fraction of sp³-hybridized carbons (Fsp3) is 0.385. The number of aliphatic carboxylic acids is 2. The molecule has 20 heavy (non-hydrogen) atoms. The molecule has 0 radical (unpaired) electrons. The molecule has 0 aromatic heterocycles. The number of carboxylic acids is 2. The first-order valence-electron chi connectivity index (χ1n) is 5.93. The smallest absolute Gasteiger partial charge is 0.320 e. The first kappa shape index (κ1) is 15.9. The first-order chi connectivity index (χ1) is 9.43. The van der Waals surface area contributed by atoms with Gasteiger partial charge in [0.25, 0.3) is 0 Å². The minimum Gasteiger partial charge on any atom is -0.481 e. The maximum atomic E-state index is 11.9. The molecule has 0 spiro atoms. The molecule has 1 aromatic carbocycles. The van der Waals surface area contributed by atoms with Crippen LogP contribution in [0.15, 0.2) is 24.3 Å². The van der Waals surface area contributed by atoms with Crippen LogP contribution in [-0.4, -0.2) is 35.1 Å². The Labute approximate surface area is 115 Å². The van der Waals surface area contributed by atoms with Crippen molar-refractivity contribution in [2.24, 2.45) is 11.7 Å². The van der Waals surface area contributed by atoms with E-state index in [0.29, 0.717) is 11.3 Å². The van der Waals surface area contributed by atoms with Gasteiger partial charge in [-0.3, -0.25) is 9.59 Å². The normalized spacial score (nSPS) is 13.5. The number of alkyl halides is 1. The van der Waals surface area contributed by atoms with Crippen LogP contribution in [0.1, 0.15) is 12.0 Å². The van der Waals surface area contributed by atoms with Crippen molar-refractivity contribution >= 4 is 11.9 Å². The Balaban J connectivity index is 2.70. The molecule has 0 saturated heterocycles.